The summed E-state index contributed by atoms with van der Waals surface area (Å²) >= 11 is 0. The quantitative estimate of drug-likeness (QED) is 0.933. The highest BCUT2D eigenvalue weighted by Gasteiger charge is 2.36. The summed E-state index contributed by atoms with van der Waals surface area (Å²) in [6.45, 7) is 4.78. The molecule has 0 unspecified atom stereocenters. The van der Waals surface area contributed by atoms with E-state index in [2.05, 4.69) is 31.1 Å². The van der Waals surface area contributed by atoms with Crippen LogP contribution in [0.1, 0.15) is 47.3 Å². The topological polar surface area (TPSA) is 78.0 Å². The fourth-order valence-corrected chi connectivity index (χ4v) is 3.32. The van der Waals surface area contributed by atoms with Gasteiger partial charge in [-0.25, -0.2) is 9.97 Å². The van der Waals surface area contributed by atoms with E-state index in [1.165, 1.54) is 12.8 Å². The fraction of sp³-hybridized carbons (Fsp3) is 0.500. The second-order valence-corrected chi connectivity index (χ2v) is 6.17. The molecule has 2 fully saturated rings. The third-order valence-corrected chi connectivity index (χ3v) is 4.63. The first-order valence-electron chi connectivity index (χ1n) is 8.13. The molecule has 0 saturated carbocycles. The number of hydrogen-bond donors (Lipinski definition) is 1. The van der Waals surface area contributed by atoms with Crippen molar-refractivity contribution >= 4 is 11.7 Å². The lowest BCUT2D eigenvalue weighted by atomic mass is 9.98. The Morgan fingerprint density at radius 1 is 1.26 bits per heavy atom. The predicted octanol–water partition coefficient (Wildman–Crippen LogP) is 1.70. The van der Waals surface area contributed by atoms with E-state index in [4.69, 9.17) is 0 Å². The van der Waals surface area contributed by atoms with Crippen LogP contribution < -0.4 is 4.90 Å². The molecule has 7 heteroatoms. The van der Waals surface area contributed by atoms with Gasteiger partial charge >= 0.3 is 0 Å². The van der Waals surface area contributed by atoms with E-state index in [9.17, 15) is 4.79 Å². The van der Waals surface area contributed by atoms with Gasteiger partial charge in [-0.3, -0.25) is 9.89 Å². The Morgan fingerprint density at radius 2 is 2.09 bits per heavy atom. The number of hydrogen-bond acceptors (Lipinski definition) is 5. The largest absolute Gasteiger partial charge is 0.357 e. The van der Waals surface area contributed by atoms with Gasteiger partial charge in [-0.05, 0) is 32.3 Å². The van der Waals surface area contributed by atoms with Gasteiger partial charge in [0.25, 0.3) is 5.91 Å². The molecule has 23 heavy (non-hydrogen) atoms. The van der Waals surface area contributed by atoms with Crippen molar-refractivity contribution in [2.24, 2.45) is 0 Å². The average molecular weight is 312 g/mol. The number of nitrogens with zero attached hydrogens (tertiary/aromatic N) is 5. The van der Waals surface area contributed by atoms with Gasteiger partial charge in [-0.1, -0.05) is 0 Å². The Labute approximate surface area is 134 Å². The molecule has 0 aliphatic carbocycles. The second-order valence-electron chi connectivity index (χ2n) is 6.17. The van der Waals surface area contributed by atoms with Crippen LogP contribution in [0.2, 0.25) is 0 Å². The molecule has 1 amide bonds. The Bertz CT molecular complexity index is 707. The maximum absolute atomic E-state index is 12.5. The molecule has 120 valence electrons. The Hall–Kier alpha value is -2.44. The maximum Gasteiger partial charge on any atom is 0.272 e. The SMILES string of the molecule is Cc1nc([C@H]2CCN2C(=O)c2ccn[nH]2)cc(N2CCCC2)n1. The number of aromatic nitrogens is 4. The van der Waals surface area contributed by atoms with Crippen molar-refractivity contribution in [3.8, 4) is 0 Å². The first kappa shape index (κ1) is 14.2. The Kier molecular flexibility index (Phi) is 3.48. The number of rotatable bonds is 3. The van der Waals surface area contributed by atoms with Crippen LogP contribution in [0.4, 0.5) is 5.82 Å². The summed E-state index contributed by atoms with van der Waals surface area (Å²) in [5.74, 6) is 1.74. The van der Waals surface area contributed by atoms with E-state index in [-0.39, 0.29) is 11.9 Å². The highest BCUT2D eigenvalue weighted by molar-refractivity contribution is 5.93. The molecule has 2 aromatic heterocycles. The molecule has 1 N–H and O–H groups in total. The van der Waals surface area contributed by atoms with Crippen LogP contribution in [0.25, 0.3) is 0 Å². The van der Waals surface area contributed by atoms with E-state index < -0.39 is 0 Å². The molecule has 7 nitrogen and oxygen atoms in total. The van der Waals surface area contributed by atoms with Gasteiger partial charge in [-0.2, -0.15) is 5.10 Å². The minimum Gasteiger partial charge on any atom is -0.357 e. The van der Waals surface area contributed by atoms with Crippen molar-refractivity contribution in [3.05, 3.63) is 35.5 Å². The number of aromatic amines is 1. The van der Waals surface area contributed by atoms with Crippen LogP contribution in [0.3, 0.4) is 0 Å². The van der Waals surface area contributed by atoms with Crippen LogP contribution in [0.15, 0.2) is 18.3 Å². The number of carbonyl (C=O) groups is 1. The van der Waals surface area contributed by atoms with Gasteiger partial charge in [0.15, 0.2) is 0 Å². The molecular weight excluding hydrogens is 292 g/mol. The number of H-pyrrole nitrogens is 1. The normalized spacial score (nSPS) is 20.7. The van der Waals surface area contributed by atoms with Gasteiger partial charge in [0, 0.05) is 31.9 Å². The molecule has 2 saturated heterocycles. The first-order valence-corrected chi connectivity index (χ1v) is 8.13. The molecule has 4 heterocycles. The predicted molar refractivity (Wildman–Crippen MR) is 85.2 cm³/mol. The van der Waals surface area contributed by atoms with Gasteiger partial charge in [-0.15, -0.1) is 0 Å². The standard InChI is InChI=1S/C16H20N6O/c1-11-18-13(10-15(19-11)21-7-2-3-8-21)14-5-9-22(14)16(23)12-4-6-17-20-12/h4,6,10,14H,2-3,5,7-9H2,1H3,(H,17,20)/t14-/m1/s1. The lowest BCUT2D eigenvalue weighted by molar-refractivity contribution is 0.0444. The Morgan fingerprint density at radius 3 is 2.74 bits per heavy atom. The monoisotopic (exact) mass is 312 g/mol. The van der Waals surface area contributed by atoms with Crippen molar-refractivity contribution in [1.29, 1.82) is 0 Å². The van der Waals surface area contributed by atoms with Gasteiger partial charge < -0.3 is 9.80 Å². The van der Waals surface area contributed by atoms with Crippen LogP contribution >= 0.6 is 0 Å². The molecule has 2 aliphatic heterocycles. The van der Waals surface area contributed by atoms with E-state index in [0.717, 1.165) is 43.4 Å². The molecule has 2 aromatic rings. The van der Waals surface area contributed by atoms with Crippen LogP contribution in [-0.4, -0.2) is 50.6 Å². The zero-order valence-electron chi connectivity index (χ0n) is 13.2. The summed E-state index contributed by atoms with van der Waals surface area (Å²) in [5, 5.41) is 6.60. The van der Waals surface area contributed by atoms with E-state index in [1.807, 2.05) is 11.8 Å². The molecule has 0 bridgehead atoms. The smallest absolute Gasteiger partial charge is 0.272 e. The Balaban J connectivity index is 1.59. The van der Waals surface area contributed by atoms with Crippen LogP contribution in [-0.2, 0) is 0 Å². The highest BCUT2D eigenvalue weighted by atomic mass is 16.2. The van der Waals surface area contributed by atoms with Gasteiger partial charge in [0.1, 0.15) is 17.3 Å². The zero-order valence-corrected chi connectivity index (χ0v) is 13.2. The minimum atomic E-state index is -0.0160. The molecule has 0 aromatic carbocycles. The second kappa shape index (κ2) is 5.64. The lowest BCUT2D eigenvalue weighted by Crippen LogP contribution is -2.45. The van der Waals surface area contributed by atoms with Crippen molar-refractivity contribution in [2.75, 3.05) is 24.5 Å². The van der Waals surface area contributed by atoms with Crippen molar-refractivity contribution in [3.63, 3.8) is 0 Å². The van der Waals surface area contributed by atoms with Gasteiger partial charge in [0.05, 0.1) is 11.7 Å². The van der Waals surface area contributed by atoms with Crippen molar-refractivity contribution < 1.29 is 4.79 Å². The summed E-state index contributed by atoms with van der Waals surface area (Å²) in [7, 11) is 0. The number of amides is 1. The number of nitrogens with one attached hydrogen (secondary N) is 1. The van der Waals surface area contributed by atoms with E-state index in [1.54, 1.807) is 12.3 Å². The summed E-state index contributed by atoms with van der Waals surface area (Å²) in [6.07, 6.45) is 4.97. The summed E-state index contributed by atoms with van der Waals surface area (Å²) in [5.41, 5.74) is 1.47. The average Bonchev–Trinajstić information content (AvgIpc) is 3.19. The summed E-state index contributed by atoms with van der Waals surface area (Å²) in [4.78, 5) is 25.8. The first-order chi connectivity index (χ1) is 11.2. The number of aryl methyl sites for hydroxylation is 1. The fourth-order valence-electron chi connectivity index (χ4n) is 3.32. The number of carbonyl (C=O) groups excluding carboxylic acids is 1. The molecule has 4 rings (SSSR count). The lowest BCUT2D eigenvalue weighted by Gasteiger charge is -2.40. The number of likely N-dealkylation sites (tertiary alicyclic amines) is 1. The number of anilines is 1. The highest BCUT2D eigenvalue weighted by Crippen LogP contribution is 2.34. The van der Waals surface area contributed by atoms with Crippen molar-refractivity contribution in [1.82, 2.24) is 25.1 Å². The molecular formula is C16H20N6O. The van der Waals surface area contributed by atoms with Gasteiger partial charge in [0.2, 0.25) is 0 Å². The van der Waals surface area contributed by atoms with E-state index >= 15 is 0 Å². The summed E-state index contributed by atoms with van der Waals surface area (Å²) < 4.78 is 0. The van der Waals surface area contributed by atoms with E-state index in [0.29, 0.717) is 5.69 Å². The molecule has 2 aliphatic rings. The molecule has 0 spiro atoms. The third-order valence-electron chi connectivity index (χ3n) is 4.63. The third kappa shape index (κ3) is 2.56. The van der Waals surface area contributed by atoms with Crippen molar-refractivity contribution in [2.45, 2.75) is 32.2 Å². The van der Waals surface area contributed by atoms with Crippen LogP contribution in [0, 0.1) is 6.92 Å². The molecule has 1 atom stereocenters. The molecule has 0 radical (unpaired) electrons. The van der Waals surface area contributed by atoms with Crippen LogP contribution in [0.5, 0.6) is 0 Å². The maximum atomic E-state index is 12.5. The zero-order chi connectivity index (χ0) is 15.8. The summed E-state index contributed by atoms with van der Waals surface area (Å²) in [6, 6.07) is 3.79. The minimum absolute atomic E-state index is 0.0160.